The molecule has 0 bridgehead atoms. The average Bonchev–Trinajstić information content (AvgIpc) is 3.01. The molecule has 2 aromatic rings. The molecule has 1 amide bonds. The summed E-state index contributed by atoms with van der Waals surface area (Å²) in [6, 6.07) is 9.20. The molecule has 3 rings (SSSR count). The summed E-state index contributed by atoms with van der Waals surface area (Å²) in [5.74, 6) is 0.850. The lowest BCUT2D eigenvalue weighted by atomic mass is 10.1. The highest BCUT2D eigenvalue weighted by Gasteiger charge is 2.24. The molecule has 8 heteroatoms. The Bertz CT molecular complexity index is 901. The lowest BCUT2D eigenvalue weighted by Gasteiger charge is -2.12. The van der Waals surface area contributed by atoms with E-state index in [2.05, 4.69) is 10.3 Å². The minimum Gasteiger partial charge on any atom is -0.493 e. The van der Waals surface area contributed by atoms with Crippen LogP contribution in [0, 0.1) is 5.82 Å². The number of halogens is 1. The molecule has 0 atom stereocenters. The Morgan fingerprint density at radius 3 is 2.22 bits per heavy atom. The fourth-order valence-corrected chi connectivity index (χ4v) is 3.29. The van der Waals surface area contributed by atoms with Crippen molar-refractivity contribution in [2.45, 2.75) is 0 Å². The second kappa shape index (κ2) is 8.13. The number of rotatable bonds is 5. The van der Waals surface area contributed by atoms with Crippen LogP contribution in [0.4, 0.5) is 10.1 Å². The van der Waals surface area contributed by atoms with Gasteiger partial charge in [-0.15, -0.1) is 0 Å². The van der Waals surface area contributed by atoms with Gasteiger partial charge in [0, 0.05) is 0 Å². The maximum atomic E-state index is 13.0. The van der Waals surface area contributed by atoms with Gasteiger partial charge in [0.05, 0.1) is 31.9 Å². The lowest BCUT2D eigenvalue weighted by Crippen LogP contribution is -2.19. The molecule has 1 heterocycles. The molecule has 1 saturated heterocycles. The van der Waals surface area contributed by atoms with E-state index in [1.807, 2.05) is 0 Å². The number of hydrogen-bond donors (Lipinski definition) is 1. The molecule has 140 valence electrons. The quantitative estimate of drug-likeness (QED) is 0.790. The van der Waals surface area contributed by atoms with Crippen molar-refractivity contribution < 1.29 is 23.4 Å². The van der Waals surface area contributed by atoms with Gasteiger partial charge in [-0.3, -0.25) is 4.79 Å². The molecular weight excluding hydrogens is 371 g/mol. The van der Waals surface area contributed by atoms with E-state index in [-0.39, 0.29) is 11.7 Å². The number of carbonyl (C=O) groups is 1. The Kier molecular flexibility index (Phi) is 5.66. The van der Waals surface area contributed by atoms with E-state index in [9.17, 15) is 9.18 Å². The number of aliphatic imine (C=N–C) groups is 1. The third-order valence-corrected chi connectivity index (χ3v) is 4.60. The summed E-state index contributed by atoms with van der Waals surface area (Å²) in [5.41, 5.74) is 1.26. The van der Waals surface area contributed by atoms with Crippen LogP contribution in [0.2, 0.25) is 0 Å². The number of carbonyl (C=O) groups excluding carboxylic acids is 1. The van der Waals surface area contributed by atoms with Crippen LogP contribution in [0.15, 0.2) is 46.3 Å². The van der Waals surface area contributed by atoms with Gasteiger partial charge >= 0.3 is 0 Å². The van der Waals surface area contributed by atoms with Crippen molar-refractivity contribution >= 4 is 34.6 Å². The number of nitrogens with one attached hydrogen (secondary N) is 1. The first-order valence-corrected chi connectivity index (χ1v) is 8.71. The molecule has 0 unspecified atom stereocenters. The first-order chi connectivity index (χ1) is 13.0. The molecule has 0 aromatic heterocycles. The summed E-state index contributed by atoms with van der Waals surface area (Å²) < 4.78 is 28.9. The van der Waals surface area contributed by atoms with Crippen molar-refractivity contribution in [1.29, 1.82) is 0 Å². The summed E-state index contributed by atoms with van der Waals surface area (Å²) in [6.07, 6.45) is 1.71. The van der Waals surface area contributed by atoms with E-state index in [1.165, 1.54) is 57.4 Å². The molecule has 27 heavy (non-hydrogen) atoms. The predicted molar refractivity (Wildman–Crippen MR) is 103 cm³/mol. The molecule has 1 aliphatic rings. The van der Waals surface area contributed by atoms with Crippen molar-refractivity contribution in [3.63, 3.8) is 0 Å². The summed E-state index contributed by atoms with van der Waals surface area (Å²) in [6.45, 7) is 0. The molecule has 6 nitrogen and oxygen atoms in total. The second-order valence-corrected chi connectivity index (χ2v) is 6.45. The van der Waals surface area contributed by atoms with E-state index in [4.69, 9.17) is 14.2 Å². The first-order valence-electron chi connectivity index (χ1n) is 7.89. The highest BCUT2D eigenvalue weighted by Crippen LogP contribution is 2.39. The Balaban J connectivity index is 1.89. The minimum atomic E-state index is -0.343. The summed E-state index contributed by atoms with van der Waals surface area (Å²) in [5, 5.41) is 3.11. The van der Waals surface area contributed by atoms with Gasteiger partial charge in [0.2, 0.25) is 5.75 Å². The summed E-state index contributed by atoms with van der Waals surface area (Å²) in [4.78, 5) is 17.0. The number of benzene rings is 2. The molecule has 2 aromatic carbocycles. The monoisotopic (exact) mass is 388 g/mol. The van der Waals surface area contributed by atoms with Crippen molar-refractivity contribution in [1.82, 2.24) is 5.32 Å². The smallest absolute Gasteiger partial charge is 0.264 e. The fourth-order valence-electron chi connectivity index (χ4n) is 2.45. The number of methoxy groups -OCH3 is 3. The number of hydrogen-bond acceptors (Lipinski definition) is 6. The maximum absolute atomic E-state index is 13.0. The largest absolute Gasteiger partial charge is 0.493 e. The number of ether oxygens (including phenoxy) is 3. The van der Waals surface area contributed by atoms with Gasteiger partial charge in [-0.1, -0.05) is 0 Å². The van der Waals surface area contributed by atoms with Gasteiger partial charge in [-0.25, -0.2) is 9.38 Å². The minimum absolute atomic E-state index is 0.269. The number of amides is 1. The summed E-state index contributed by atoms with van der Waals surface area (Å²) in [7, 11) is 4.58. The fraction of sp³-hybridized carbons (Fsp3) is 0.158. The Morgan fingerprint density at radius 2 is 1.67 bits per heavy atom. The van der Waals surface area contributed by atoms with Gasteiger partial charge in [0.15, 0.2) is 16.7 Å². The molecule has 0 aliphatic carbocycles. The van der Waals surface area contributed by atoms with Crippen LogP contribution in [0.5, 0.6) is 17.2 Å². The first kappa shape index (κ1) is 18.8. The van der Waals surface area contributed by atoms with E-state index in [0.29, 0.717) is 38.6 Å². The Hall–Kier alpha value is -3.00. The molecule has 1 fully saturated rings. The van der Waals surface area contributed by atoms with Gasteiger partial charge in [-0.2, -0.15) is 0 Å². The van der Waals surface area contributed by atoms with Gasteiger partial charge < -0.3 is 19.5 Å². The van der Waals surface area contributed by atoms with Gasteiger partial charge in [-0.05, 0) is 59.8 Å². The number of nitrogens with zero attached hydrogens (tertiary/aromatic N) is 1. The van der Waals surface area contributed by atoms with E-state index >= 15 is 0 Å². The third-order valence-electron chi connectivity index (χ3n) is 3.69. The topological polar surface area (TPSA) is 69.2 Å². The predicted octanol–water partition coefficient (Wildman–Crippen LogP) is 3.74. The van der Waals surface area contributed by atoms with Crippen molar-refractivity contribution in [3.8, 4) is 17.2 Å². The van der Waals surface area contributed by atoms with Crippen molar-refractivity contribution in [3.05, 3.63) is 52.7 Å². The SMILES string of the molecule is COc1cc(/C=C2/SC(=Nc3ccc(F)cc3)NC2=O)cc(OC)c1OC. The Morgan fingerprint density at radius 1 is 1.04 bits per heavy atom. The third kappa shape index (κ3) is 4.22. The average molecular weight is 388 g/mol. The number of amidine groups is 1. The van der Waals surface area contributed by atoms with Gasteiger partial charge in [0.25, 0.3) is 5.91 Å². The van der Waals surface area contributed by atoms with Crippen molar-refractivity contribution in [2.24, 2.45) is 4.99 Å². The van der Waals surface area contributed by atoms with E-state index in [1.54, 1.807) is 18.2 Å². The summed E-state index contributed by atoms with van der Waals surface area (Å²) >= 11 is 1.19. The van der Waals surface area contributed by atoms with Crippen LogP contribution in [0.1, 0.15) is 5.56 Å². The standard InChI is InChI=1S/C19H17FN2O4S/c1-24-14-8-11(9-15(25-2)17(14)26-3)10-16-18(23)22-19(27-16)21-13-6-4-12(20)5-7-13/h4-10H,1-3H3,(H,21,22,23)/b16-10+. The van der Waals surface area contributed by atoms with E-state index in [0.717, 1.165) is 0 Å². The van der Waals surface area contributed by atoms with E-state index < -0.39 is 0 Å². The highest BCUT2D eigenvalue weighted by molar-refractivity contribution is 8.18. The molecule has 0 spiro atoms. The highest BCUT2D eigenvalue weighted by atomic mass is 32.2. The number of thioether (sulfide) groups is 1. The zero-order valence-electron chi connectivity index (χ0n) is 14.9. The van der Waals surface area contributed by atoms with Crippen LogP contribution >= 0.6 is 11.8 Å². The second-order valence-electron chi connectivity index (χ2n) is 5.42. The molecule has 0 saturated carbocycles. The van der Waals surface area contributed by atoms with Crippen molar-refractivity contribution in [2.75, 3.05) is 21.3 Å². The van der Waals surface area contributed by atoms with Crippen LogP contribution in [-0.2, 0) is 4.79 Å². The molecule has 0 radical (unpaired) electrons. The van der Waals surface area contributed by atoms with Crippen LogP contribution in [0.3, 0.4) is 0 Å². The van der Waals surface area contributed by atoms with Crippen LogP contribution < -0.4 is 19.5 Å². The molecule has 1 N–H and O–H groups in total. The zero-order valence-corrected chi connectivity index (χ0v) is 15.7. The zero-order chi connectivity index (χ0) is 19.4. The molecular formula is C19H17FN2O4S. The van der Waals surface area contributed by atoms with Crippen LogP contribution in [-0.4, -0.2) is 32.4 Å². The van der Waals surface area contributed by atoms with Crippen LogP contribution in [0.25, 0.3) is 6.08 Å². The Labute approximate surface area is 160 Å². The maximum Gasteiger partial charge on any atom is 0.264 e. The molecule has 1 aliphatic heterocycles. The lowest BCUT2D eigenvalue weighted by molar-refractivity contribution is -0.115. The normalized spacial score (nSPS) is 16.5. The van der Waals surface area contributed by atoms with Gasteiger partial charge in [0.1, 0.15) is 5.82 Å².